The van der Waals surface area contributed by atoms with Gasteiger partial charge in [0.05, 0.1) is 4.92 Å². The van der Waals surface area contributed by atoms with E-state index in [1.807, 2.05) is 6.07 Å². The van der Waals surface area contributed by atoms with Crippen LogP contribution >= 0.6 is 0 Å². The van der Waals surface area contributed by atoms with Gasteiger partial charge in [-0.2, -0.15) is 0 Å². The molecular formula is C13H18N2O2. The third-order valence-corrected chi connectivity index (χ3v) is 3.65. The molecule has 0 heterocycles. The van der Waals surface area contributed by atoms with E-state index in [2.05, 4.69) is 0 Å². The van der Waals surface area contributed by atoms with Crippen LogP contribution in [-0.4, -0.2) is 4.92 Å². The second kappa shape index (κ2) is 5.27. The molecule has 92 valence electrons. The Bertz CT molecular complexity index is 400. The van der Waals surface area contributed by atoms with Crippen molar-refractivity contribution in [2.24, 2.45) is 11.7 Å². The Balaban J connectivity index is 2.23. The molecule has 0 aromatic heterocycles. The maximum absolute atomic E-state index is 11.0. The monoisotopic (exact) mass is 234 g/mol. The van der Waals surface area contributed by atoms with Crippen molar-refractivity contribution >= 4 is 5.69 Å². The van der Waals surface area contributed by atoms with Crippen LogP contribution in [0.5, 0.6) is 0 Å². The lowest BCUT2D eigenvalue weighted by molar-refractivity contribution is -0.385. The highest BCUT2D eigenvalue weighted by atomic mass is 16.6. The van der Waals surface area contributed by atoms with Gasteiger partial charge in [-0.25, -0.2) is 0 Å². The van der Waals surface area contributed by atoms with Crippen LogP contribution in [0, 0.1) is 16.0 Å². The molecular weight excluding hydrogens is 216 g/mol. The molecule has 0 amide bonds. The molecule has 0 spiro atoms. The van der Waals surface area contributed by atoms with E-state index in [-0.39, 0.29) is 16.7 Å². The first kappa shape index (κ1) is 12.0. The van der Waals surface area contributed by atoms with E-state index >= 15 is 0 Å². The largest absolute Gasteiger partial charge is 0.324 e. The molecule has 1 aliphatic carbocycles. The minimum absolute atomic E-state index is 0.158. The molecule has 0 aliphatic heterocycles. The molecule has 4 heteroatoms. The van der Waals surface area contributed by atoms with Crippen LogP contribution in [0.15, 0.2) is 24.3 Å². The Morgan fingerprint density at radius 3 is 2.53 bits per heavy atom. The van der Waals surface area contributed by atoms with E-state index in [1.165, 1.54) is 25.3 Å². The zero-order valence-corrected chi connectivity index (χ0v) is 9.84. The Labute approximate surface area is 101 Å². The van der Waals surface area contributed by atoms with E-state index in [1.54, 1.807) is 12.1 Å². The summed E-state index contributed by atoms with van der Waals surface area (Å²) in [5.41, 5.74) is 7.05. The first-order valence-corrected chi connectivity index (χ1v) is 6.19. The van der Waals surface area contributed by atoms with Crippen LogP contribution in [-0.2, 0) is 0 Å². The lowest BCUT2D eigenvalue weighted by Gasteiger charge is -2.27. The van der Waals surface area contributed by atoms with Crippen molar-refractivity contribution in [2.45, 2.75) is 38.1 Å². The summed E-state index contributed by atoms with van der Waals surface area (Å²) in [6, 6.07) is 6.65. The molecule has 1 atom stereocenters. The summed E-state index contributed by atoms with van der Waals surface area (Å²) in [4.78, 5) is 10.6. The zero-order valence-electron chi connectivity index (χ0n) is 9.84. The van der Waals surface area contributed by atoms with Gasteiger partial charge in [0.2, 0.25) is 0 Å². The van der Waals surface area contributed by atoms with Gasteiger partial charge in [-0.05, 0) is 18.8 Å². The number of hydrogen-bond acceptors (Lipinski definition) is 3. The summed E-state index contributed by atoms with van der Waals surface area (Å²) in [7, 11) is 0. The molecule has 2 rings (SSSR count). The topological polar surface area (TPSA) is 69.2 Å². The average Bonchev–Trinajstić information content (AvgIpc) is 2.39. The van der Waals surface area contributed by atoms with E-state index in [0.717, 1.165) is 12.8 Å². The van der Waals surface area contributed by atoms with Crippen molar-refractivity contribution in [3.8, 4) is 0 Å². The second-order valence-corrected chi connectivity index (χ2v) is 4.74. The molecule has 1 aromatic carbocycles. The number of nitro benzene ring substituents is 1. The lowest BCUT2D eigenvalue weighted by atomic mass is 9.81. The molecule has 1 aliphatic rings. The van der Waals surface area contributed by atoms with Crippen molar-refractivity contribution in [1.82, 2.24) is 0 Å². The number of benzene rings is 1. The third-order valence-electron chi connectivity index (χ3n) is 3.65. The van der Waals surface area contributed by atoms with Gasteiger partial charge in [-0.1, -0.05) is 37.5 Å². The normalized spacial score (nSPS) is 18.9. The van der Waals surface area contributed by atoms with E-state index in [4.69, 9.17) is 5.73 Å². The predicted octanol–water partition coefficient (Wildman–Crippen LogP) is 3.17. The summed E-state index contributed by atoms with van der Waals surface area (Å²) in [6.45, 7) is 0. The fraction of sp³-hybridized carbons (Fsp3) is 0.538. The molecule has 0 radical (unpaired) electrons. The minimum atomic E-state index is -0.335. The van der Waals surface area contributed by atoms with Crippen LogP contribution in [0.2, 0.25) is 0 Å². The van der Waals surface area contributed by atoms with Gasteiger partial charge in [0.15, 0.2) is 0 Å². The summed E-state index contributed by atoms with van der Waals surface area (Å²) in [6.07, 6.45) is 5.83. The van der Waals surface area contributed by atoms with Crippen LogP contribution in [0.4, 0.5) is 5.69 Å². The average molecular weight is 234 g/mol. The highest BCUT2D eigenvalue weighted by molar-refractivity contribution is 5.42. The van der Waals surface area contributed by atoms with Crippen LogP contribution in [0.3, 0.4) is 0 Å². The van der Waals surface area contributed by atoms with E-state index in [0.29, 0.717) is 11.5 Å². The number of para-hydroxylation sites is 1. The maximum Gasteiger partial charge on any atom is 0.274 e. The van der Waals surface area contributed by atoms with Gasteiger partial charge >= 0.3 is 0 Å². The summed E-state index contributed by atoms with van der Waals surface area (Å²) in [5.74, 6) is 0.393. The Morgan fingerprint density at radius 1 is 1.24 bits per heavy atom. The maximum atomic E-state index is 11.0. The second-order valence-electron chi connectivity index (χ2n) is 4.74. The van der Waals surface area contributed by atoms with Crippen molar-refractivity contribution in [2.75, 3.05) is 0 Å². The van der Waals surface area contributed by atoms with Crippen LogP contribution in [0.1, 0.15) is 43.7 Å². The minimum Gasteiger partial charge on any atom is -0.324 e. The summed E-state index contributed by atoms with van der Waals surface area (Å²) in [5, 5.41) is 11.0. The highest BCUT2D eigenvalue weighted by Gasteiger charge is 2.26. The number of nitro groups is 1. The lowest BCUT2D eigenvalue weighted by Crippen LogP contribution is -2.24. The van der Waals surface area contributed by atoms with Crippen molar-refractivity contribution in [1.29, 1.82) is 0 Å². The SMILES string of the molecule is N[C@H](c1ccccc1[N+](=O)[O-])C1CCCCC1. The van der Waals surface area contributed by atoms with Gasteiger partial charge in [0.1, 0.15) is 0 Å². The van der Waals surface area contributed by atoms with Gasteiger partial charge in [0.25, 0.3) is 5.69 Å². The quantitative estimate of drug-likeness (QED) is 0.645. The fourth-order valence-electron chi connectivity index (χ4n) is 2.68. The Hall–Kier alpha value is -1.42. The van der Waals surface area contributed by atoms with Gasteiger partial charge in [-0.15, -0.1) is 0 Å². The van der Waals surface area contributed by atoms with Gasteiger partial charge in [-0.3, -0.25) is 10.1 Å². The first-order valence-electron chi connectivity index (χ1n) is 6.19. The zero-order chi connectivity index (χ0) is 12.3. The van der Waals surface area contributed by atoms with Crippen molar-refractivity contribution in [3.05, 3.63) is 39.9 Å². The molecule has 0 saturated heterocycles. The number of nitrogens with zero attached hydrogens (tertiary/aromatic N) is 1. The molecule has 1 saturated carbocycles. The molecule has 2 N–H and O–H groups in total. The Morgan fingerprint density at radius 2 is 1.88 bits per heavy atom. The smallest absolute Gasteiger partial charge is 0.274 e. The summed E-state index contributed by atoms with van der Waals surface area (Å²) < 4.78 is 0. The van der Waals surface area contributed by atoms with E-state index < -0.39 is 0 Å². The van der Waals surface area contributed by atoms with Gasteiger partial charge in [0, 0.05) is 17.7 Å². The molecule has 1 aromatic rings. The molecule has 1 fully saturated rings. The van der Waals surface area contributed by atoms with Crippen molar-refractivity contribution in [3.63, 3.8) is 0 Å². The fourth-order valence-corrected chi connectivity index (χ4v) is 2.68. The summed E-state index contributed by atoms with van der Waals surface area (Å²) >= 11 is 0. The molecule has 0 unspecified atom stereocenters. The standard InChI is InChI=1S/C13H18N2O2/c14-13(10-6-2-1-3-7-10)11-8-4-5-9-12(11)15(16)17/h4-5,8-10,13H,1-3,6-7,14H2/t13-/m0/s1. The first-order chi connectivity index (χ1) is 8.20. The number of nitrogens with two attached hydrogens (primary N) is 1. The Kier molecular flexibility index (Phi) is 3.74. The predicted molar refractivity (Wildman–Crippen MR) is 66.6 cm³/mol. The number of rotatable bonds is 3. The van der Waals surface area contributed by atoms with Gasteiger partial charge < -0.3 is 5.73 Å². The number of hydrogen-bond donors (Lipinski definition) is 1. The van der Waals surface area contributed by atoms with E-state index in [9.17, 15) is 10.1 Å². The van der Waals surface area contributed by atoms with Crippen molar-refractivity contribution < 1.29 is 4.92 Å². The third kappa shape index (κ3) is 2.64. The van der Waals surface area contributed by atoms with Crippen LogP contribution in [0.25, 0.3) is 0 Å². The molecule has 4 nitrogen and oxygen atoms in total. The molecule has 17 heavy (non-hydrogen) atoms. The highest BCUT2D eigenvalue weighted by Crippen LogP contribution is 2.35. The molecule has 0 bridgehead atoms. The van der Waals surface area contributed by atoms with Crippen LogP contribution < -0.4 is 5.73 Å².